The summed E-state index contributed by atoms with van der Waals surface area (Å²) in [5.41, 5.74) is 0.905. The number of hydrogen-bond acceptors (Lipinski definition) is 4. The van der Waals surface area contributed by atoms with Crippen LogP contribution in [0, 0.1) is 0 Å². The molecule has 0 saturated carbocycles. The first-order chi connectivity index (χ1) is 13.7. The molecule has 0 aliphatic heterocycles. The van der Waals surface area contributed by atoms with E-state index in [-0.39, 0.29) is 23.3 Å². The Bertz CT molecular complexity index is 829. The molecule has 2 rings (SSSR count). The minimum absolute atomic E-state index is 0.0522. The zero-order valence-corrected chi connectivity index (χ0v) is 19.0. The molecule has 0 N–H and O–H groups in total. The summed E-state index contributed by atoms with van der Waals surface area (Å²) in [5.74, 6) is 1.06. The van der Waals surface area contributed by atoms with E-state index >= 15 is 0 Å². The maximum Gasteiger partial charge on any atom is 0.253 e. The van der Waals surface area contributed by atoms with Crippen LogP contribution in [-0.4, -0.2) is 29.3 Å². The quantitative estimate of drug-likeness (QED) is 0.329. The second-order valence-corrected chi connectivity index (χ2v) is 8.96. The van der Waals surface area contributed by atoms with Crippen molar-refractivity contribution < 1.29 is 13.6 Å². The number of carbonyl (C=O) groups excluding carboxylic acids is 1. The number of nitrogens with zero attached hydrogens (tertiary/aromatic N) is 3. The van der Waals surface area contributed by atoms with Crippen LogP contribution in [0.25, 0.3) is 0 Å². The highest BCUT2D eigenvalue weighted by molar-refractivity contribution is 9.10. The summed E-state index contributed by atoms with van der Waals surface area (Å²) in [6, 6.07) is 7.53. The van der Waals surface area contributed by atoms with E-state index in [1.807, 2.05) is 45.0 Å². The molecule has 1 heterocycles. The van der Waals surface area contributed by atoms with E-state index in [0.717, 1.165) is 29.4 Å². The maximum atomic E-state index is 12.7. The van der Waals surface area contributed by atoms with E-state index in [1.165, 1.54) is 0 Å². The minimum atomic E-state index is -0.586. The Balaban J connectivity index is 1.91. The van der Waals surface area contributed by atoms with Crippen molar-refractivity contribution in [3.8, 4) is 0 Å². The van der Waals surface area contributed by atoms with Gasteiger partial charge in [-0.2, -0.15) is 0 Å². The molecule has 0 aliphatic carbocycles. The molecule has 0 saturated heterocycles. The van der Waals surface area contributed by atoms with Crippen molar-refractivity contribution in [3.05, 3.63) is 52.7 Å². The number of carbonyl (C=O) groups is 1. The molecule has 1 aromatic carbocycles. The first-order valence-electron chi connectivity index (χ1n) is 9.86. The van der Waals surface area contributed by atoms with Gasteiger partial charge in [0.25, 0.3) is 5.91 Å². The molecule has 0 atom stereocenters. The average Bonchev–Trinajstić information content (AvgIpc) is 3.14. The molecule has 0 bridgehead atoms. The number of aromatic nitrogens is 2. The average molecular weight is 466 g/mol. The minimum Gasteiger partial charge on any atom is -0.425 e. The topological polar surface area (TPSA) is 59.2 Å². The van der Waals surface area contributed by atoms with Gasteiger partial charge in [0, 0.05) is 40.5 Å². The maximum absolute atomic E-state index is 12.7. The highest BCUT2D eigenvalue weighted by atomic mass is 79.9. The Kier molecular flexibility index (Phi) is 8.56. The van der Waals surface area contributed by atoms with Gasteiger partial charge in [-0.15, -0.1) is 10.2 Å². The number of hydrogen-bond donors (Lipinski definition) is 0. The number of alkyl halides is 1. The molecule has 0 aliphatic rings. The standard InChI is InChI=1S/C22H29BrFN3O2/c1-16(12-13-24)20(28)27(18-10-8-9-17(23)15-18)14-7-5-6-11-19-25-26-21(29-19)22(2,3)4/h8-10,15H,1,5-7,11-14H2,2-4H3. The van der Waals surface area contributed by atoms with Crippen LogP contribution >= 0.6 is 15.9 Å². The van der Waals surface area contributed by atoms with Gasteiger partial charge in [0.1, 0.15) is 0 Å². The van der Waals surface area contributed by atoms with Gasteiger partial charge in [-0.25, -0.2) is 0 Å². The highest BCUT2D eigenvalue weighted by Crippen LogP contribution is 2.23. The largest absolute Gasteiger partial charge is 0.425 e. The van der Waals surface area contributed by atoms with Crippen LogP contribution < -0.4 is 4.90 Å². The fraction of sp³-hybridized carbons (Fsp3) is 0.500. The lowest BCUT2D eigenvalue weighted by molar-refractivity contribution is -0.115. The van der Waals surface area contributed by atoms with E-state index in [2.05, 4.69) is 32.7 Å². The van der Waals surface area contributed by atoms with Crippen LogP contribution in [0.3, 0.4) is 0 Å². The molecule has 29 heavy (non-hydrogen) atoms. The van der Waals surface area contributed by atoms with Crippen LogP contribution in [0.15, 0.2) is 45.3 Å². The summed E-state index contributed by atoms with van der Waals surface area (Å²) in [4.78, 5) is 14.4. The molecule has 5 nitrogen and oxygen atoms in total. The smallest absolute Gasteiger partial charge is 0.253 e. The molecule has 0 unspecified atom stereocenters. The van der Waals surface area contributed by atoms with Gasteiger partial charge >= 0.3 is 0 Å². The van der Waals surface area contributed by atoms with Crippen LogP contribution in [0.2, 0.25) is 0 Å². The van der Waals surface area contributed by atoms with Crippen LogP contribution in [0.1, 0.15) is 58.2 Å². The third kappa shape index (κ3) is 7.07. The van der Waals surface area contributed by atoms with E-state index in [4.69, 9.17) is 4.42 Å². The van der Waals surface area contributed by atoms with Gasteiger partial charge in [0.05, 0.1) is 6.67 Å². The van der Waals surface area contributed by atoms with E-state index < -0.39 is 6.67 Å². The number of halogens is 2. The third-order valence-electron chi connectivity index (χ3n) is 4.44. The second kappa shape index (κ2) is 10.7. The number of anilines is 1. The predicted octanol–water partition coefficient (Wildman–Crippen LogP) is 5.79. The van der Waals surface area contributed by atoms with Gasteiger partial charge in [0.2, 0.25) is 11.8 Å². The zero-order valence-electron chi connectivity index (χ0n) is 17.4. The van der Waals surface area contributed by atoms with Gasteiger partial charge < -0.3 is 9.32 Å². The SMILES string of the molecule is C=C(CCF)C(=O)N(CCCCCc1nnc(C(C)(C)C)o1)c1cccc(Br)c1. The highest BCUT2D eigenvalue weighted by Gasteiger charge is 2.21. The summed E-state index contributed by atoms with van der Waals surface area (Å²) in [6.45, 7) is 9.81. The van der Waals surface area contributed by atoms with E-state index in [0.29, 0.717) is 24.7 Å². The molecule has 0 fully saturated rings. The van der Waals surface area contributed by atoms with Crippen LogP contribution in [0.5, 0.6) is 0 Å². The number of benzene rings is 1. The number of amides is 1. The van der Waals surface area contributed by atoms with Gasteiger partial charge in [-0.1, -0.05) is 55.8 Å². The summed E-state index contributed by atoms with van der Waals surface area (Å²) in [6.07, 6.45) is 3.36. The van der Waals surface area contributed by atoms with Gasteiger partial charge in [-0.3, -0.25) is 9.18 Å². The van der Waals surface area contributed by atoms with Crippen molar-refractivity contribution in [1.82, 2.24) is 10.2 Å². The Labute approximate surface area is 180 Å². The van der Waals surface area contributed by atoms with Crippen molar-refractivity contribution in [2.75, 3.05) is 18.1 Å². The fourth-order valence-electron chi connectivity index (χ4n) is 2.78. The summed E-state index contributed by atoms with van der Waals surface area (Å²) >= 11 is 3.44. The van der Waals surface area contributed by atoms with E-state index in [1.54, 1.807) is 4.90 Å². The summed E-state index contributed by atoms with van der Waals surface area (Å²) in [7, 11) is 0. The predicted molar refractivity (Wildman–Crippen MR) is 117 cm³/mol. The molecule has 0 spiro atoms. The zero-order chi connectivity index (χ0) is 21.4. The molecule has 0 radical (unpaired) electrons. The Morgan fingerprint density at radius 1 is 1.24 bits per heavy atom. The second-order valence-electron chi connectivity index (χ2n) is 8.04. The monoisotopic (exact) mass is 465 g/mol. The normalized spacial score (nSPS) is 11.5. The summed E-state index contributed by atoms with van der Waals surface area (Å²) < 4.78 is 19.3. The Hall–Kier alpha value is -2.02. The summed E-state index contributed by atoms with van der Waals surface area (Å²) in [5, 5.41) is 8.22. The first-order valence-corrected chi connectivity index (χ1v) is 10.7. The molecule has 1 amide bonds. The van der Waals surface area contributed by atoms with Gasteiger partial charge in [-0.05, 0) is 31.0 Å². The number of rotatable bonds is 10. The molecule has 7 heteroatoms. The van der Waals surface area contributed by atoms with Crippen molar-refractivity contribution in [2.24, 2.45) is 0 Å². The lowest BCUT2D eigenvalue weighted by Crippen LogP contribution is -2.33. The number of unbranched alkanes of at least 4 members (excludes halogenated alkanes) is 2. The molecular formula is C22H29BrFN3O2. The fourth-order valence-corrected chi connectivity index (χ4v) is 3.17. The molecule has 2 aromatic rings. The van der Waals surface area contributed by atoms with Crippen molar-refractivity contribution in [1.29, 1.82) is 0 Å². The van der Waals surface area contributed by atoms with E-state index in [9.17, 15) is 9.18 Å². The Morgan fingerprint density at radius 2 is 2.00 bits per heavy atom. The van der Waals surface area contributed by atoms with Crippen molar-refractivity contribution >= 4 is 27.5 Å². The first kappa shape index (κ1) is 23.3. The lowest BCUT2D eigenvalue weighted by atomic mass is 9.97. The molecular weight excluding hydrogens is 437 g/mol. The molecule has 1 aromatic heterocycles. The Morgan fingerprint density at radius 3 is 2.62 bits per heavy atom. The number of aryl methyl sites for hydroxylation is 1. The third-order valence-corrected chi connectivity index (χ3v) is 4.94. The molecule has 158 valence electrons. The van der Waals surface area contributed by atoms with Crippen molar-refractivity contribution in [2.45, 2.75) is 58.3 Å². The lowest BCUT2D eigenvalue weighted by Gasteiger charge is -2.24. The van der Waals surface area contributed by atoms with Gasteiger partial charge in [0.15, 0.2) is 0 Å². The van der Waals surface area contributed by atoms with Crippen LogP contribution in [-0.2, 0) is 16.6 Å². The van der Waals surface area contributed by atoms with Crippen molar-refractivity contribution in [3.63, 3.8) is 0 Å². The van der Waals surface area contributed by atoms with Crippen LogP contribution in [0.4, 0.5) is 10.1 Å².